The molecule has 6 nitrogen and oxygen atoms in total. The van der Waals surface area contributed by atoms with Gasteiger partial charge in [0, 0.05) is 38.8 Å². The third-order valence-corrected chi connectivity index (χ3v) is 5.41. The van der Waals surface area contributed by atoms with Crippen molar-refractivity contribution in [2.24, 2.45) is 5.92 Å². The Bertz CT molecular complexity index is 617. The van der Waals surface area contributed by atoms with Crippen molar-refractivity contribution in [1.29, 1.82) is 0 Å². The molecule has 22 heavy (non-hydrogen) atoms. The van der Waals surface area contributed by atoms with Crippen LogP contribution in [0.25, 0.3) is 0 Å². The fourth-order valence-corrected chi connectivity index (χ4v) is 4.09. The van der Waals surface area contributed by atoms with Gasteiger partial charge in [-0.1, -0.05) is 0 Å². The van der Waals surface area contributed by atoms with Crippen LogP contribution in [-0.4, -0.2) is 54.0 Å². The van der Waals surface area contributed by atoms with E-state index in [1.165, 1.54) is 11.3 Å². The van der Waals surface area contributed by atoms with Crippen LogP contribution in [0.15, 0.2) is 0 Å². The van der Waals surface area contributed by atoms with Gasteiger partial charge in [0.05, 0.1) is 11.6 Å². The number of carbonyl (C=O) groups excluding carboxylic acids is 1. The van der Waals surface area contributed by atoms with Gasteiger partial charge >= 0.3 is 0 Å². The van der Waals surface area contributed by atoms with E-state index in [0.29, 0.717) is 6.04 Å². The van der Waals surface area contributed by atoms with E-state index < -0.39 is 0 Å². The summed E-state index contributed by atoms with van der Waals surface area (Å²) >= 11 is 0. The molecule has 0 aromatic carbocycles. The molecular weight excluding hydrogens is 278 g/mol. The number of nitrogens with zero attached hydrogens (tertiary/aromatic N) is 4. The standard InChI is InChI=1S/C16H23N5O/c1-17-14-12-4-3-5-13(12)18-16(19-14)21-8-10-6-7-11(9-21)20(2)15(10)22/h10-11H,3-9H2,1-2H3,(H,17,18,19)/t10-,11+/m0/s1. The number of likely N-dealkylation sites (N-methyl/N-ethyl adjacent to an activating group) is 1. The molecule has 0 radical (unpaired) electrons. The summed E-state index contributed by atoms with van der Waals surface area (Å²) in [6.07, 6.45) is 5.35. The first-order chi connectivity index (χ1) is 10.7. The number of hydrogen-bond donors (Lipinski definition) is 1. The second-order valence-electron chi connectivity index (χ2n) is 6.68. The number of aromatic nitrogens is 2. The Morgan fingerprint density at radius 3 is 2.86 bits per heavy atom. The van der Waals surface area contributed by atoms with Gasteiger partial charge in [-0.3, -0.25) is 4.79 Å². The van der Waals surface area contributed by atoms with E-state index in [9.17, 15) is 4.79 Å². The SMILES string of the molecule is CNc1nc(N2C[C@@H]3CC[C@H](C2)N(C)C3=O)nc2c1CCC2. The van der Waals surface area contributed by atoms with Crippen molar-refractivity contribution in [1.82, 2.24) is 14.9 Å². The van der Waals surface area contributed by atoms with Crippen molar-refractivity contribution in [2.45, 2.75) is 38.1 Å². The molecule has 3 fully saturated rings. The van der Waals surface area contributed by atoms with Gasteiger partial charge in [-0.15, -0.1) is 0 Å². The number of aryl methyl sites for hydroxylation is 1. The van der Waals surface area contributed by atoms with E-state index in [1.807, 2.05) is 19.0 Å². The van der Waals surface area contributed by atoms with Crippen LogP contribution in [-0.2, 0) is 17.6 Å². The third kappa shape index (κ3) is 2.04. The highest BCUT2D eigenvalue weighted by Gasteiger charge is 2.39. The molecule has 5 rings (SSSR count). The van der Waals surface area contributed by atoms with E-state index in [2.05, 4.69) is 10.2 Å². The smallest absolute Gasteiger partial charge is 0.227 e. The summed E-state index contributed by atoms with van der Waals surface area (Å²) in [6.45, 7) is 1.60. The number of piperidine rings is 1. The second-order valence-corrected chi connectivity index (χ2v) is 6.68. The highest BCUT2D eigenvalue weighted by Crippen LogP contribution is 2.32. The van der Waals surface area contributed by atoms with Crippen LogP contribution >= 0.6 is 0 Å². The Morgan fingerprint density at radius 1 is 1.18 bits per heavy atom. The Morgan fingerprint density at radius 2 is 2.05 bits per heavy atom. The molecule has 3 saturated heterocycles. The van der Waals surface area contributed by atoms with Crippen LogP contribution < -0.4 is 10.2 Å². The molecule has 6 heteroatoms. The minimum Gasteiger partial charge on any atom is -0.373 e. The van der Waals surface area contributed by atoms with Crippen molar-refractivity contribution in [3.05, 3.63) is 11.3 Å². The zero-order valence-electron chi connectivity index (χ0n) is 13.3. The fourth-order valence-electron chi connectivity index (χ4n) is 4.09. The van der Waals surface area contributed by atoms with Gasteiger partial charge < -0.3 is 15.1 Å². The Labute approximate surface area is 130 Å². The van der Waals surface area contributed by atoms with Crippen molar-refractivity contribution >= 4 is 17.7 Å². The van der Waals surface area contributed by atoms with E-state index in [1.54, 1.807) is 0 Å². The van der Waals surface area contributed by atoms with Crippen molar-refractivity contribution in [2.75, 3.05) is 37.4 Å². The third-order valence-electron chi connectivity index (χ3n) is 5.41. The molecular formula is C16H23N5O. The van der Waals surface area contributed by atoms with Gasteiger partial charge in [-0.2, -0.15) is 4.98 Å². The van der Waals surface area contributed by atoms with Gasteiger partial charge in [0.25, 0.3) is 0 Å². The lowest BCUT2D eigenvalue weighted by Crippen LogP contribution is -2.45. The average Bonchev–Trinajstić information content (AvgIpc) is 2.85. The van der Waals surface area contributed by atoms with Crippen LogP contribution in [0.1, 0.15) is 30.5 Å². The summed E-state index contributed by atoms with van der Waals surface area (Å²) in [6, 6.07) is 0.293. The molecule has 2 bridgehead atoms. The van der Waals surface area contributed by atoms with Crippen LogP contribution in [0.3, 0.4) is 0 Å². The van der Waals surface area contributed by atoms with E-state index in [-0.39, 0.29) is 11.8 Å². The first-order valence-corrected chi connectivity index (χ1v) is 8.26. The quantitative estimate of drug-likeness (QED) is 0.885. The van der Waals surface area contributed by atoms with E-state index >= 15 is 0 Å². The molecule has 2 atom stereocenters. The molecule has 4 heterocycles. The van der Waals surface area contributed by atoms with Crippen molar-refractivity contribution < 1.29 is 4.79 Å². The summed E-state index contributed by atoms with van der Waals surface area (Å²) < 4.78 is 0. The van der Waals surface area contributed by atoms with Crippen LogP contribution in [0.4, 0.5) is 11.8 Å². The predicted octanol–water partition coefficient (Wildman–Crippen LogP) is 1.06. The molecule has 1 aromatic heterocycles. The topological polar surface area (TPSA) is 61.4 Å². The van der Waals surface area contributed by atoms with Crippen LogP contribution in [0, 0.1) is 5.92 Å². The summed E-state index contributed by atoms with van der Waals surface area (Å²) in [4.78, 5) is 26.1. The summed E-state index contributed by atoms with van der Waals surface area (Å²) in [7, 11) is 3.86. The van der Waals surface area contributed by atoms with E-state index in [4.69, 9.17) is 9.97 Å². The molecule has 0 saturated carbocycles. The fraction of sp³-hybridized carbons (Fsp3) is 0.688. The predicted molar refractivity (Wildman–Crippen MR) is 85.1 cm³/mol. The minimum atomic E-state index is 0.0960. The van der Waals surface area contributed by atoms with Crippen molar-refractivity contribution in [3.8, 4) is 0 Å². The monoisotopic (exact) mass is 301 g/mol. The molecule has 4 aliphatic rings. The first-order valence-electron chi connectivity index (χ1n) is 8.26. The Kier molecular flexibility index (Phi) is 3.20. The Balaban J connectivity index is 1.69. The maximum Gasteiger partial charge on any atom is 0.227 e. The Hall–Kier alpha value is -1.85. The summed E-state index contributed by atoms with van der Waals surface area (Å²) in [5.74, 6) is 2.14. The largest absolute Gasteiger partial charge is 0.373 e. The maximum atomic E-state index is 12.3. The lowest BCUT2D eigenvalue weighted by Gasteiger charge is -2.32. The van der Waals surface area contributed by atoms with Crippen molar-refractivity contribution in [3.63, 3.8) is 0 Å². The number of amides is 1. The lowest BCUT2D eigenvalue weighted by molar-refractivity contribution is -0.138. The average molecular weight is 301 g/mol. The first kappa shape index (κ1) is 13.8. The highest BCUT2D eigenvalue weighted by atomic mass is 16.2. The number of carbonyl (C=O) groups is 1. The normalized spacial score (nSPS) is 27.1. The molecule has 0 spiro atoms. The molecule has 1 amide bonds. The molecule has 3 aliphatic heterocycles. The number of fused-ring (bicyclic) bond motifs is 5. The molecule has 1 N–H and O–H groups in total. The molecule has 1 aliphatic carbocycles. The lowest BCUT2D eigenvalue weighted by atomic mass is 9.95. The molecule has 1 aromatic rings. The molecule has 0 unspecified atom stereocenters. The second kappa shape index (κ2) is 5.11. The van der Waals surface area contributed by atoms with Gasteiger partial charge in [-0.05, 0) is 32.1 Å². The van der Waals surface area contributed by atoms with Gasteiger partial charge in [0.1, 0.15) is 5.82 Å². The van der Waals surface area contributed by atoms with Gasteiger partial charge in [0.15, 0.2) is 0 Å². The number of hydrogen-bond acceptors (Lipinski definition) is 5. The van der Waals surface area contributed by atoms with E-state index in [0.717, 1.165) is 57.0 Å². The number of anilines is 2. The number of rotatable bonds is 2. The maximum absolute atomic E-state index is 12.3. The summed E-state index contributed by atoms with van der Waals surface area (Å²) in [5.41, 5.74) is 2.46. The zero-order valence-corrected chi connectivity index (χ0v) is 13.3. The molecule has 118 valence electrons. The van der Waals surface area contributed by atoms with Gasteiger partial charge in [0.2, 0.25) is 11.9 Å². The van der Waals surface area contributed by atoms with Crippen LogP contribution in [0.5, 0.6) is 0 Å². The highest BCUT2D eigenvalue weighted by molar-refractivity contribution is 5.81. The van der Waals surface area contributed by atoms with Gasteiger partial charge in [-0.25, -0.2) is 4.98 Å². The zero-order chi connectivity index (χ0) is 15.3. The minimum absolute atomic E-state index is 0.0960. The van der Waals surface area contributed by atoms with Crippen LogP contribution in [0.2, 0.25) is 0 Å². The summed E-state index contributed by atoms with van der Waals surface area (Å²) in [5, 5.41) is 3.22. The number of nitrogens with one attached hydrogen (secondary N) is 1.